The molecule has 2 N–H and O–H groups in total. The molecule has 1 heterocycles. The number of hydrogen-bond donors (Lipinski definition) is 2. The molecule has 0 radical (unpaired) electrons. The van der Waals surface area contributed by atoms with E-state index in [0.717, 1.165) is 28.2 Å². The number of halogens is 1. The Bertz CT molecular complexity index is 1040. The molecule has 0 spiro atoms. The molecule has 0 unspecified atom stereocenters. The van der Waals surface area contributed by atoms with Crippen molar-refractivity contribution >= 4 is 40.8 Å². The first-order valence-electron chi connectivity index (χ1n) is 8.77. The van der Waals surface area contributed by atoms with Crippen LogP contribution in [-0.4, -0.2) is 17.1 Å². The lowest BCUT2D eigenvalue weighted by molar-refractivity contribution is 0.415. The molecule has 6 heteroatoms. The molecule has 3 aromatic carbocycles. The summed E-state index contributed by atoms with van der Waals surface area (Å²) in [4.78, 5) is 9.32. The van der Waals surface area contributed by atoms with E-state index in [1.807, 2.05) is 66.7 Å². The molecule has 0 aliphatic rings. The molecule has 0 aliphatic heterocycles. The zero-order valence-electron chi connectivity index (χ0n) is 15.4. The largest absolute Gasteiger partial charge is 0.497 e. The van der Waals surface area contributed by atoms with Gasteiger partial charge in [0.25, 0.3) is 0 Å². The van der Waals surface area contributed by atoms with Crippen molar-refractivity contribution in [3.63, 3.8) is 0 Å². The van der Waals surface area contributed by atoms with Crippen molar-refractivity contribution in [2.75, 3.05) is 17.7 Å². The highest BCUT2D eigenvalue weighted by Crippen LogP contribution is 2.24. The van der Waals surface area contributed by atoms with Gasteiger partial charge < -0.3 is 15.4 Å². The third-order valence-electron chi connectivity index (χ3n) is 4.25. The van der Waals surface area contributed by atoms with Crippen molar-refractivity contribution in [1.29, 1.82) is 0 Å². The molecule has 0 amide bonds. The van der Waals surface area contributed by atoms with Gasteiger partial charge in [-0.15, -0.1) is 12.4 Å². The Morgan fingerprint density at radius 2 is 1.54 bits per heavy atom. The zero-order valence-corrected chi connectivity index (χ0v) is 16.2. The van der Waals surface area contributed by atoms with Crippen molar-refractivity contribution in [3.8, 4) is 5.75 Å². The van der Waals surface area contributed by atoms with E-state index in [1.165, 1.54) is 5.56 Å². The van der Waals surface area contributed by atoms with Crippen LogP contribution in [0.2, 0.25) is 0 Å². The van der Waals surface area contributed by atoms with Gasteiger partial charge in [-0.1, -0.05) is 42.5 Å². The van der Waals surface area contributed by atoms with Gasteiger partial charge in [0.05, 0.1) is 12.6 Å². The Morgan fingerprint density at radius 3 is 2.29 bits per heavy atom. The molecule has 5 nitrogen and oxygen atoms in total. The van der Waals surface area contributed by atoms with Crippen LogP contribution in [0.4, 0.5) is 17.5 Å². The minimum Gasteiger partial charge on any atom is -0.497 e. The molecular weight excluding hydrogens is 372 g/mol. The van der Waals surface area contributed by atoms with Crippen LogP contribution in [-0.2, 0) is 6.54 Å². The molecule has 0 saturated carbocycles. The van der Waals surface area contributed by atoms with E-state index in [-0.39, 0.29) is 12.4 Å². The van der Waals surface area contributed by atoms with Gasteiger partial charge in [0.15, 0.2) is 0 Å². The van der Waals surface area contributed by atoms with E-state index in [0.29, 0.717) is 12.5 Å². The zero-order chi connectivity index (χ0) is 18.5. The predicted octanol–water partition coefficient (Wildman–Crippen LogP) is 5.42. The number of ether oxygens (including phenoxy) is 1. The second kappa shape index (κ2) is 9.06. The molecular formula is C22H21ClN4O. The van der Waals surface area contributed by atoms with Crippen LogP contribution in [0.3, 0.4) is 0 Å². The summed E-state index contributed by atoms with van der Waals surface area (Å²) in [5.41, 5.74) is 2.99. The van der Waals surface area contributed by atoms with Gasteiger partial charge in [-0.2, -0.15) is 4.98 Å². The van der Waals surface area contributed by atoms with Gasteiger partial charge >= 0.3 is 0 Å². The van der Waals surface area contributed by atoms with E-state index in [1.54, 1.807) is 7.11 Å². The van der Waals surface area contributed by atoms with Crippen molar-refractivity contribution in [2.24, 2.45) is 0 Å². The number of aromatic nitrogens is 2. The lowest BCUT2D eigenvalue weighted by Gasteiger charge is -2.12. The van der Waals surface area contributed by atoms with Crippen molar-refractivity contribution in [2.45, 2.75) is 6.54 Å². The van der Waals surface area contributed by atoms with Crippen LogP contribution in [0.25, 0.3) is 10.9 Å². The summed E-state index contributed by atoms with van der Waals surface area (Å²) in [6.45, 7) is 0.698. The van der Waals surface area contributed by atoms with E-state index >= 15 is 0 Å². The van der Waals surface area contributed by atoms with E-state index in [9.17, 15) is 0 Å². The van der Waals surface area contributed by atoms with Crippen molar-refractivity contribution in [3.05, 3.63) is 84.4 Å². The minimum atomic E-state index is 0. The molecule has 142 valence electrons. The summed E-state index contributed by atoms with van der Waals surface area (Å²) >= 11 is 0. The first-order valence-corrected chi connectivity index (χ1v) is 8.77. The second-order valence-electron chi connectivity index (χ2n) is 6.11. The Kier molecular flexibility index (Phi) is 6.29. The SMILES string of the molecule is COc1ccc(Nc2nc(NCc3ccccc3)c3ccccc3n2)cc1.Cl. The highest BCUT2D eigenvalue weighted by atomic mass is 35.5. The number of hydrogen-bond acceptors (Lipinski definition) is 5. The highest BCUT2D eigenvalue weighted by molar-refractivity contribution is 5.90. The van der Waals surface area contributed by atoms with Crippen LogP contribution in [0, 0.1) is 0 Å². The van der Waals surface area contributed by atoms with Gasteiger partial charge in [-0.05, 0) is 42.0 Å². The maximum absolute atomic E-state index is 5.20. The lowest BCUT2D eigenvalue weighted by Crippen LogP contribution is -2.05. The van der Waals surface area contributed by atoms with Gasteiger partial charge in [0.1, 0.15) is 11.6 Å². The van der Waals surface area contributed by atoms with Gasteiger partial charge in [-0.3, -0.25) is 0 Å². The first kappa shape index (κ1) is 19.5. The number of fused-ring (bicyclic) bond motifs is 1. The number of nitrogens with one attached hydrogen (secondary N) is 2. The monoisotopic (exact) mass is 392 g/mol. The standard InChI is InChI=1S/C22H20N4O.ClH/c1-27-18-13-11-17(12-14-18)24-22-25-20-10-6-5-9-19(20)21(26-22)23-15-16-7-3-2-4-8-16;/h2-14H,15H2,1H3,(H2,23,24,25,26);1H. The molecule has 0 fully saturated rings. The summed E-state index contributed by atoms with van der Waals surface area (Å²) in [6.07, 6.45) is 0. The van der Waals surface area contributed by atoms with Crippen molar-refractivity contribution in [1.82, 2.24) is 9.97 Å². The molecule has 4 rings (SSSR count). The Labute approximate surface area is 170 Å². The van der Waals surface area contributed by atoms with Crippen LogP contribution in [0.15, 0.2) is 78.9 Å². The molecule has 4 aromatic rings. The lowest BCUT2D eigenvalue weighted by atomic mass is 10.2. The van der Waals surface area contributed by atoms with Gasteiger partial charge in [0.2, 0.25) is 5.95 Å². The van der Waals surface area contributed by atoms with Gasteiger partial charge in [-0.25, -0.2) is 4.98 Å². The summed E-state index contributed by atoms with van der Waals surface area (Å²) in [6, 6.07) is 25.9. The summed E-state index contributed by atoms with van der Waals surface area (Å²) in [7, 11) is 1.65. The predicted molar refractivity (Wildman–Crippen MR) is 117 cm³/mol. The fourth-order valence-electron chi connectivity index (χ4n) is 2.85. The summed E-state index contributed by atoms with van der Waals surface area (Å²) in [5, 5.41) is 7.70. The summed E-state index contributed by atoms with van der Waals surface area (Å²) in [5.74, 6) is 2.17. The van der Waals surface area contributed by atoms with E-state index in [4.69, 9.17) is 4.74 Å². The molecule has 1 aromatic heterocycles. The molecule has 0 saturated heterocycles. The van der Waals surface area contributed by atoms with E-state index < -0.39 is 0 Å². The fourth-order valence-corrected chi connectivity index (χ4v) is 2.85. The topological polar surface area (TPSA) is 59.1 Å². The average molecular weight is 393 g/mol. The van der Waals surface area contributed by atoms with Crippen LogP contribution < -0.4 is 15.4 Å². The van der Waals surface area contributed by atoms with Crippen LogP contribution in [0.5, 0.6) is 5.75 Å². The number of anilines is 3. The molecule has 0 aliphatic carbocycles. The number of para-hydroxylation sites is 1. The van der Waals surface area contributed by atoms with Gasteiger partial charge in [0, 0.05) is 17.6 Å². The second-order valence-corrected chi connectivity index (χ2v) is 6.11. The maximum atomic E-state index is 5.20. The van der Waals surface area contributed by atoms with Crippen LogP contribution >= 0.6 is 12.4 Å². The highest BCUT2D eigenvalue weighted by Gasteiger charge is 2.08. The third-order valence-corrected chi connectivity index (χ3v) is 4.25. The smallest absolute Gasteiger partial charge is 0.229 e. The first-order chi connectivity index (χ1) is 13.3. The van der Waals surface area contributed by atoms with E-state index in [2.05, 4.69) is 32.7 Å². The maximum Gasteiger partial charge on any atom is 0.229 e. The molecule has 0 bridgehead atoms. The van der Waals surface area contributed by atoms with Crippen molar-refractivity contribution < 1.29 is 4.74 Å². The quantitative estimate of drug-likeness (QED) is 0.459. The number of rotatable bonds is 6. The Morgan fingerprint density at radius 1 is 0.821 bits per heavy atom. The molecule has 0 atom stereocenters. The normalized spacial score (nSPS) is 10.2. The van der Waals surface area contributed by atoms with Crippen LogP contribution in [0.1, 0.15) is 5.56 Å². The molecule has 28 heavy (non-hydrogen) atoms. The minimum absolute atomic E-state index is 0. The Hall–Kier alpha value is -3.31. The number of nitrogens with zero attached hydrogens (tertiary/aromatic N) is 2. The number of benzene rings is 3. The Balaban J connectivity index is 0.00000225. The average Bonchev–Trinajstić information content (AvgIpc) is 2.73. The third kappa shape index (κ3) is 4.50. The fraction of sp³-hybridized carbons (Fsp3) is 0.0909. The number of methoxy groups -OCH3 is 1. The summed E-state index contributed by atoms with van der Waals surface area (Å²) < 4.78 is 5.20.